The number of methoxy groups -OCH3 is 1. The van der Waals surface area contributed by atoms with Gasteiger partial charge in [-0.25, -0.2) is 9.59 Å². The molecule has 0 unspecified atom stereocenters. The average molecular weight is 315 g/mol. The fraction of sp³-hybridized carbons (Fsp3) is 0.875. The molecule has 1 aliphatic carbocycles. The fourth-order valence-electron chi connectivity index (χ4n) is 2.60. The second kappa shape index (κ2) is 9.66. The number of hydrogen-bond acceptors (Lipinski definition) is 5. The monoisotopic (exact) mass is 315 g/mol. The summed E-state index contributed by atoms with van der Waals surface area (Å²) in [6.45, 7) is 5.18. The predicted octanol–water partition coefficient (Wildman–Crippen LogP) is 2.65. The molecule has 6 nitrogen and oxygen atoms in total. The largest absolute Gasteiger partial charge is 0.464 e. The highest BCUT2D eigenvalue weighted by Crippen LogP contribution is 2.31. The van der Waals surface area contributed by atoms with Crippen LogP contribution in [0.1, 0.15) is 52.4 Å². The highest BCUT2D eigenvalue weighted by atomic mass is 16.6. The Kier molecular flexibility index (Phi) is 8.24. The van der Waals surface area contributed by atoms with Crippen molar-refractivity contribution in [2.24, 2.45) is 5.92 Å². The van der Waals surface area contributed by atoms with Crippen LogP contribution in [0.3, 0.4) is 0 Å². The maximum Gasteiger partial charge on any atom is 0.408 e. The molecule has 1 saturated carbocycles. The number of nitrogens with one attached hydrogen (secondary N) is 1. The van der Waals surface area contributed by atoms with Gasteiger partial charge in [-0.05, 0) is 31.6 Å². The summed E-state index contributed by atoms with van der Waals surface area (Å²) in [5.41, 5.74) is -0.915. The van der Waals surface area contributed by atoms with Crippen molar-refractivity contribution in [2.75, 3.05) is 26.9 Å². The van der Waals surface area contributed by atoms with Gasteiger partial charge in [-0.15, -0.1) is 0 Å². The topological polar surface area (TPSA) is 73.9 Å². The van der Waals surface area contributed by atoms with E-state index in [2.05, 4.69) is 19.2 Å². The first kappa shape index (κ1) is 18.7. The van der Waals surface area contributed by atoms with Gasteiger partial charge >= 0.3 is 12.1 Å². The number of amides is 1. The SMILES string of the molecule is COCCOC(=O)NC1(C(=O)OCCCC(C)C)CCCC1. The first-order chi connectivity index (χ1) is 10.5. The van der Waals surface area contributed by atoms with Crippen molar-refractivity contribution < 1.29 is 23.8 Å². The lowest BCUT2D eigenvalue weighted by molar-refractivity contribution is -0.151. The summed E-state index contributed by atoms with van der Waals surface area (Å²) < 4.78 is 15.2. The molecule has 0 aromatic carbocycles. The lowest BCUT2D eigenvalue weighted by Gasteiger charge is -2.27. The number of esters is 1. The van der Waals surface area contributed by atoms with Crippen molar-refractivity contribution in [3.05, 3.63) is 0 Å². The van der Waals surface area contributed by atoms with Crippen LogP contribution in [-0.4, -0.2) is 44.5 Å². The average Bonchev–Trinajstić information content (AvgIpc) is 2.93. The summed E-state index contributed by atoms with van der Waals surface area (Å²) >= 11 is 0. The second-order valence-electron chi connectivity index (χ2n) is 6.21. The number of ether oxygens (including phenoxy) is 3. The molecule has 1 aliphatic rings. The smallest absolute Gasteiger partial charge is 0.408 e. The molecule has 128 valence electrons. The zero-order chi connectivity index (χ0) is 16.4. The molecule has 0 radical (unpaired) electrons. The van der Waals surface area contributed by atoms with E-state index in [1.54, 1.807) is 0 Å². The molecule has 0 aromatic rings. The minimum absolute atomic E-state index is 0.169. The van der Waals surface area contributed by atoms with E-state index >= 15 is 0 Å². The van der Waals surface area contributed by atoms with E-state index in [1.807, 2.05) is 0 Å². The van der Waals surface area contributed by atoms with Gasteiger partial charge in [-0.1, -0.05) is 26.7 Å². The zero-order valence-electron chi connectivity index (χ0n) is 14.0. The fourth-order valence-corrected chi connectivity index (χ4v) is 2.60. The Hall–Kier alpha value is -1.30. The molecule has 1 amide bonds. The van der Waals surface area contributed by atoms with Gasteiger partial charge in [0.1, 0.15) is 12.1 Å². The molecule has 0 bridgehead atoms. The normalized spacial score (nSPS) is 16.5. The van der Waals surface area contributed by atoms with Crippen molar-refractivity contribution in [1.82, 2.24) is 5.32 Å². The predicted molar refractivity (Wildman–Crippen MR) is 82.6 cm³/mol. The molecule has 0 atom stereocenters. The summed E-state index contributed by atoms with van der Waals surface area (Å²) in [7, 11) is 1.54. The Morgan fingerprint density at radius 3 is 2.36 bits per heavy atom. The van der Waals surface area contributed by atoms with E-state index in [4.69, 9.17) is 14.2 Å². The summed E-state index contributed by atoms with van der Waals surface area (Å²) in [5, 5.41) is 2.71. The maximum absolute atomic E-state index is 12.4. The quantitative estimate of drug-likeness (QED) is 0.523. The summed E-state index contributed by atoms with van der Waals surface area (Å²) in [4.78, 5) is 24.2. The number of alkyl carbamates (subject to hydrolysis) is 1. The number of hydrogen-bond donors (Lipinski definition) is 1. The highest BCUT2D eigenvalue weighted by Gasteiger charge is 2.44. The van der Waals surface area contributed by atoms with Gasteiger partial charge in [0.15, 0.2) is 0 Å². The van der Waals surface area contributed by atoms with Crippen LogP contribution in [0.5, 0.6) is 0 Å². The molecule has 1 N–H and O–H groups in total. The maximum atomic E-state index is 12.4. The Bertz CT molecular complexity index is 350. The number of rotatable bonds is 9. The Labute approximate surface area is 132 Å². The molecule has 1 rings (SSSR count). The Morgan fingerprint density at radius 2 is 1.77 bits per heavy atom. The van der Waals surface area contributed by atoms with E-state index in [0.717, 1.165) is 25.7 Å². The molecule has 0 saturated heterocycles. The van der Waals surface area contributed by atoms with Crippen LogP contribution >= 0.6 is 0 Å². The van der Waals surface area contributed by atoms with Crippen LogP contribution in [-0.2, 0) is 19.0 Å². The zero-order valence-corrected chi connectivity index (χ0v) is 14.0. The third-order valence-corrected chi connectivity index (χ3v) is 3.87. The van der Waals surface area contributed by atoms with Crippen LogP contribution in [0.15, 0.2) is 0 Å². The molecule has 0 aromatic heterocycles. The van der Waals surface area contributed by atoms with E-state index in [0.29, 0.717) is 32.0 Å². The van der Waals surface area contributed by atoms with Crippen molar-refractivity contribution in [3.8, 4) is 0 Å². The third kappa shape index (κ3) is 6.22. The molecular formula is C16H29NO5. The summed E-state index contributed by atoms with van der Waals surface area (Å²) in [6, 6.07) is 0. The van der Waals surface area contributed by atoms with E-state index < -0.39 is 11.6 Å². The van der Waals surface area contributed by atoms with Gasteiger partial charge in [0.25, 0.3) is 0 Å². The van der Waals surface area contributed by atoms with Crippen LogP contribution in [0.4, 0.5) is 4.79 Å². The number of carbonyl (C=O) groups excluding carboxylic acids is 2. The van der Waals surface area contributed by atoms with E-state index in [9.17, 15) is 9.59 Å². The van der Waals surface area contributed by atoms with Crippen LogP contribution in [0.2, 0.25) is 0 Å². The molecular weight excluding hydrogens is 286 g/mol. The van der Waals surface area contributed by atoms with E-state index in [-0.39, 0.29) is 12.6 Å². The minimum Gasteiger partial charge on any atom is -0.464 e. The van der Waals surface area contributed by atoms with E-state index in [1.165, 1.54) is 7.11 Å². The molecule has 0 heterocycles. The van der Waals surface area contributed by atoms with Gasteiger partial charge in [0, 0.05) is 7.11 Å². The standard InChI is InChI=1S/C16H29NO5/c1-13(2)7-6-10-21-14(18)16(8-4-5-9-16)17-15(19)22-12-11-20-3/h13H,4-12H2,1-3H3,(H,17,19). The first-order valence-electron chi connectivity index (χ1n) is 8.11. The van der Waals surface area contributed by atoms with Crippen LogP contribution in [0, 0.1) is 5.92 Å². The summed E-state index contributed by atoms with van der Waals surface area (Å²) in [5.74, 6) is 0.255. The van der Waals surface area contributed by atoms with Gasteiger partial charge in [0.05, 0.1) is 13.2 Å². The first-order valence-corrected chi connectivity index (χ1v) is 8.11. The summed E-state index contributed by atoms with van der Waals surface area (Å²) in [6.07, 6.45) is 4.30. The van der Waals surface area contributed by atoms with Crippen LogP contribution in [0.25, 0.3) is 0 Å². The van der Waals surface area contributed by atoms with Gasteiger partial charge in [0.2, 0.25) is 0 Å². The van der Waals surface area contributed by atoms with Gasteiger partial charge < -0.3 is 19.5 Å². The Balaban J connectivity index is 2.44. The van der Waals surface area contributed by atoms with Crippen molar-refractivity contribution in [1.29, 1.82) is 0 Å². The molecule has 1 fully saturated rings. The molecule has 22 heavy (non-hydrogen) atoms. The van der Waals surface area contributed by atoms with Gasteiger partial charge in [-0.2, -0.15) is 0 Å². The van der Waals surface area contributed by atoms with Crippen LogP contribution < -0.4 is 5.32 Å². The lowest BCUT2D eigenvalue weighted by Crippen LogP contribution is -2.53. The third-order valence-electron chi connectivity index (χ3n) is 3.87. The molecule has 0 aliphatic heterocycles. The lowest BCUT2D eigenvalue weighted by atomic mass is 9.98. The number of carbonyl (C=O) groups is 2. The van der Waals surface area contributed by atoms with Crippen molar-refractivity contribution in [3.63, 3.8) is 0 Å². The highest BCUT2D eigenvalue weighted by molar-refractivity contribution is 5.86. The second-order valence-corrected chi connectivity index (χ2v) is 6.21. The Morgan fingerprint density at radius 1 is 1.09 bits per heavy atom. The van der Waals surface area contributed by atoms with Crippen molar-refractivity contribution >= 4 is 12.1 Å². The molecule has 0 spiro atoms. The van der Waals surface area contributed by atoms with Gasteiger partial charge in [-0.3, -0.25) is 0 Å². The minimum atomic E-state index is -0.915. The van der Waals surface area contributed by atoms with Crippen molar-refractivity contribution in [2.45, 2.75) is 57.9 Å². The molecule has 6 heteroatoms.